The molecule has 4 N–H and O–H groups in total. The summed E-state index contributed by atoms with van der Waals surface area (Å²) in [6.45, 7) is 0. The average molecular weight is 219 g/mol. The van der Waals surface area contributed by atoms with Gasteiger partial charge in [-0.15, -0.1) is 24.8 Å². The van der Waals surface area contributed by atoms with Gasteiger partial charge in [0.05, 0.1) is 22.2 Å². The molecule has 0 aromatic rings. The monoisotopic (exact) mass is 218 g/mol. The fraction of sp³-hybridized carbons (Fsp3) is 0. The van der Waals surface area contributed by atoms with Crippen LogP contribution in [-0.2, 0) is 9.84 Å². The first-order valence-electron chi connectivity index (χ1n) is 2.21. The highest BCUT2D eigenvalue weighted by Gasteiger charge is 2.14. The Kier molecular flexibility index (Phi) is 4.62. The summed E-state index contributed by atoms with van der Waals surface area (Å²) in [7, 11) is -3.22. The molecular formula is C4H8Cl2N2O2S. The van der Waals surface area contributed by atoms with E-state index in [1.807, 2.05) is 0 Å². The van der Waals surface area contributed by atoms with E-state index in [1.165, 1.54) is 0 Å². The van der Waals surface area contributed by atoms with Crippen LogP contribution in [0.4, 0.5) is 0 Å². The van der Waals surface area contributed by atoms with E-state index in [0.29, 0.717) is 0 Å². The molecule has 0 saturated carbocycles. The Labute approximate surface area is 77.1 Å². The van der Waals surface area contributed by atoms with Crippen LogP contribution in [0.25, 0.3) is 0 Å². The van der Waals surface area contributed by atoms with Crippen LogP contribution in [0.5, 0.6) is 0 Å². The topological polar surface area (TPSA) is 86.2 Å². The molecule has 0 aromatic heterocycles. The minimum atomic E-state index is -3.22. The summed E-state index contributed by atoms with van der Waals surface area (Å²) in [6.07, 6.45) is 0. The third kappa shape index (κ3) is 3.00. The Morgan fingerprint density at radius 3 is 1.36 bits per heavy atom. The van der Waals surface area contributed by atoms with Crippen LogP contribution >= 0.6 is 24.8 Å². The molecule has 4 nitrogen and oxygen atoms in total. The average Bonchev–Trinajstić information content (AvgIpc) is 1.79. The van der Waals surface area contributed by atoms with E-state index in [2.05, 4.69) is 0 Å². The highest BCUT2D eigenvalue weighted by molar-refractivity contribution is 7.97. The SMILES string of the molecule is Cl.Cl.NC1=CS(=O)(=O)C=C1N. The molecule has 0 spiro atoms. The minimum Gasteiger partial charge on any atom is -0.396 e. The maximum Gasteiger partial charge on any atom is 0.197 e. The van der Waals surface area contributed by atoms with Crippen molar-refractivity contribution < 1.29 is 8.42 Å². The van der Waals surface area contributed by atoms with Crippen molar-refractivity contribution in [1.82, 2.24) is 0 Å². The van der Waals surface area contributed by atoms with Gasteiger partial charge in [-0.1, -0.05) is 0 Å². The zero-order valence-electron chi connectivity index (χ0n) is 5.35. The highest BCUT2D eigenvalue weighted by Crippen LogP contribution is 2.12. The van der Waals surface area contributed by atoms with E-state index in [0.717, 1.165) is 10.8 Å². The van der Waals surface area contributed by atoms with Gasteiger partial charge >= 0.3 is 0 Å². The van der Waals surface area contributed by atoms with Crippen LogP contribution in [0, 0.1) is 0 Å². The second kappa shape index (κ2) is 3.85. The number of hydrogen-bond donors (Lipinski definition) is 2. The quantitative estimate of drug-likeness (QED) is 0.593. The lowest BCUT2D eigenvalue weighted by Gasteiger charge is -1.87. The van der Waals surface area contributed by atoms with Crippen LogP contribution in [0.15, 0.2) is 22.2 Å². The molecule has 0 aromatic carbocycles. The molecule has 0 amide bonds. The Bertz CT molecular complexity index is 269. The predicted molar refractivity (Wildman–Crippen MR) is 48.0 cm³/mol. The van der Waals surface area contributed by atoms with Crippen molar-refractivity contribution in [1.29, 1.82) is 0 Å². The van der Waals surface area contributed by atoms with Gasteiger partial charge in [-0.2, -0.15) is 0 Å². The highest BCUT2D eigenvalue weighted by atomic mass is 35.5. The molecule has 11 heavy (non-hydrogen) atoms. The minimum absolute atomic E-state index is 0. The summed E-state index contributed by atoms with van der Waals surface area (Å²) in [5.41, 5.74) is 10.5. The normalized spacial score (nSPS) is 18.9. The van der Waals surface area contributed by atoms with Crippen molar-refractivity contribution in [2.45, 2.75) is 0 Å². The van der Waals surface area contributed by atoms with Crippen LogP contribution in [0.3, 0.4) is 0 Å². The summed E-state index contributed by atoms with van der Waals surface area (Å²) < 4.78 is 21.1. The Morgan fingerprint density at radius 1 is 1.00 bits per heavy atom. The van der Waals surface area contributed by atoms with Crippen LogP contribution in [-0.4, -0.2) is 8.42 Å². The van der Waals surface area contributed by atoms with E-state index < -0.39 is 9.84 Å². The van der Waals surface area contributed by atoms with Crippen LogP contribution in [0.1, 0.15) is 0 Å². The number of nitrogens with two attached hydrogens (primary N) is 2. The molecule has 0 saturated heterocycles. The summed E-state index contributed by atoms with van der Waals surface area (Å²) >= 11 is 0. The van der Waals surface area contributed by atoms with Gasteiger partial charge in [-0.05, 0) is 0 Å². The predicted octanol–water partition coefficient (Wildman–Crippen LogP) is -0.141. The molecule has 0 bridgehead atoms. The third-order valence-electron chi connectivity index (χ3n) is 0.916. The number of halogens is 2. The van der Waals surface area contributed by atoms with Gasteiger partial charge in [-0.3, -0.25) is 0 Å². The molecule has 66 valence electrons. The number of rotatable bonds is 0. The van der Waals surface area contributed by atoms with Gasteiger partial charge in [-0.25, -0.2) is 8.42 Å². The van der Waals surface area contributed by atoms with E-state index >= 15 is 0 Å². The number of sulfone groups is 1. The zero-order valence-corrected chi connectivity index (χ0v) is 7.80. The molecule has 7 heteroatoms. The zero-order chi connectivity index (χ0) is 7.07. The van der Waals surface area contributed by atoms with E-state index in [1.54, 1.807) is 0 Å². The summed E-state index contributed by atoms with van der Waals surface area (Å²) in [4.78, 5) is 0. The smallest absolute Gasteiger partial charge is 0.197 e. The van der Waals surface area contributed by atoms with Gasteiger partial charge in [0.2, 0.25) is 0 Å². The van der Waals surface area contributed by atoms with Gasteiger partial charge in [0.15, 0.2) is 9.84 Å². The first-order chi connectivity index (χ1) is 4.01. The molecule has 1 aliphatic heterocycles. The molecule has 0 aliphatic carbocycles. The van der Waals surface area contributed by atoms with Gasteiger partial charge in [0.25, 0.3) is 0 Å². The molecule has 0 unspecified atom stereocenters. The summed E-state index contributed by atoms with van der Waals surface area (Å²) in [5, 5.41) is 1.87. The second-order valence-electron chi connectivity index (χ2n) is 1.74. The van der Waals surface area contributed by atoms with E-state index in [4.69, 9.17) is 11.5 Å². The van der Waals surface area contributed by atoms with Gasteiger partial charge < -0.3 is 11.5 Å². The number of hydrogen-bond acceptors (Lipinski definition) is 4. The molecule has 1 rings (SSSR count). The van der Waals surface area contributed by atoms with Crippen molar-refractivity contribution in [3.05, 3.63) is 22.2 Å². The van der Waals surface area contributed by atoms with E-state index in [-0.39, 0.29) is 36.2 Å². The maximum absolute atomic E-state index is 10.5. The Hall–Kier alpha value is -0.390. The van der Waals surface area contributed by atoms with Crippen LogP contribution < -0.4 is 11.5 Å². The van der Waals surface area contributed by atoms with Crippen LogP contribution in [0.2, 0.25) is 0 Å². The fourth-order valence-electron chi connectivity index (χ4n) is 0.524. The van der Waals surface area contributed by atoms with E-state index in [9.17, 15) is 8.42 Å². The van der Waals surface area contributed by atoms with Gasteiger partial charge in [0.1, 0.15) is 0 Å². The molecule has 1 heterocycles. The lowest BCUT2D eigenvalue weighted by molar-refractivity contribution is 0.613. The van der Waals surface area contributed by atoms with Gasteiger partial charge in [0, 0.05) is 0 Å². The fourth-order valence-corrected chi connectivity index (χ4v) is 1.57. The molecule has 1 aliphatic rings. The van der Waals surface area contributed by atoms with Crippen molar-refractivity contribution in [3.63, 3.8) is 0 Å². The lowest BCUT2D eigenvalue weighted by Crippen LogP contribution is -2.05. The molecule has 0 radical (unpaired) electrons. The standard InChI is InChI=1S/C4H6N2O2S.2ClH/c5-3-1-9(7,8)2-4(3)6;;/h1-2H,5-6H2;2*1H. The first-order valence-corrected chi connectivity index (χ1v) is 3.82. The molecule has 0 fully saturated rings. The maximum atomic E-state index is 10.5. The van der Waals surface area contributed by atoms with Crippen molar-refractivity contribution in [2.75, 3.05) is 0 Å². The largest absolute Gasteiger partial charge is 0.396 e. The second-order valence-corrected chi connectivity index (χ2v) is 3.38. The Morgan fingerprint density at radius 2 is 1.27 bits per heavy atom. The molecule has 0 atom stereocenters. The Balaban J connectivity index is 0. The van der Waals surface area contributed by atoms with Crippen molar-refractivity contribution in [3.8, 4) is 0 Å². The lowest BCUT2D eigenvalue weighted by atomic mass is 10.4. The first kappa shape index (κ1) is 13.2. The van der Waals surface area contributed by atoms with Crippen molar-refractivity contribution in [2.24, 2.45) is 11.5 Å². The summed E-state index contributed by atoms with van der Waals surface area (Å²) in [6, 6.07) is 0. The van der Waals surface area contributed by atoms with Crippen molar-refractivity contribution >= 4 is 34.7 Å². The summed E-state index contributed by atoms with van der Waals surface area (Å²) in [5.74, 6) is 0. The third-order valence-corrected chi connectivity index (χ3v) is 2.08. The molecular weight excluding hydrogens is 211 g/mol.